The number of rotatable bonds is 12. The van der Waals surface area contributed by atoms with E-state index < -0.39 is 5.60 Å². The molecule has 8 nitrogen and oxygen atoms in total. The molecule has 0 saturated carbocycles. The highest BCUT2D eigenvalue weighted by atomic mass is 16.5. The number of nitriles is 1. The van der Waals surface area contributed by atoms with Crippen molar-refractivity contribution < 1.29 is 23.8 Å². The average Bonchev–Trinajstić information content (AvgIpc) is 2.86. The highest BCUT2D eigenvalue weighted by Gasteiger charge is 2.33. The van der Waals surface area contributed by atoms with Crippen LogP contribution in [0.15, 0.2) is 42.5 Å². The molecule has 0 aromatic heterocycles. The van der Waals surface area contributed by atoms with Gasteiger partial charge in [-0.3, -0.25) is 9.59 Å². The third-order valence-corrected chi connectivity index (χ3v) is 5.84. The van der Waals surface area contributed by atoms with Gasteiger partial charge in [0, 0.05) is 26.1 Å². The lowest BCUT2D eigenvalue weighted by Crippen LogP contribution is -2.48. The standard InChI is InChI=1S/C27H33N3O5/c1-4-29-26(32)27(3,35-5-2)17-20-8-11-22(12-9-20)33-15-7-6-14-30-19-34-24-16-21(18-28)10-13-23(24)25(30)31/h8-13,16H,4-7,14-15,17,19H2,1-3H3,(H,29,32). The van der Waals surface area contributed by atoms with Crippen molar-refractivity contribution in [2.75, 3.05) is 33.0 Å². The number of unbranched alkanes of at least 4 members (excludes halogenated alkanes) is 1. The third-order valence-electron chi connectivity index (χ3n) is 5.84. The van der Waals surface area contributed by atoms with Gasteiger partial charge in [-0.2, -0.15) is 5.26 Å². The van der Waals surface area contributed by atoms with Crippen LogP contribution in [0.3, 0.4) is 0 Å². The number of hydrogen-bond acceptors (Lipinski definition) is 6. The SMILES string of the molecule is CCNC(=O)C(C)(Cc1ccc(OCCCCN2COc3cc(C#N)ccc3C2=O)cc1)OCC. The molecule has 0 spiro atoms. The summed E-state index contributed by atoms with van der Waals surface area (Å²) in [6.07, 6.45) is 2.03. The van der Waals surface area contributed by atoms with E-state index in [1.165, 1.54) is 0 Å². The van der Waals surface area contributed by atoms with Gasteiger partial charge < -0.3 is 24.4 Å². The quantitative estimate of drug-likeness (QED) is 0.466. The Hall–Kier alpha value is -3.57. The first kappa shape index (κ1) is 26.0. The fraction of sp³-hybridized carbons (Fsp3) is 0.444. The Bertz CT molecular complexity index is 1060. The number of ether oxygens (including phenoxy) is 3. The molecule has 1 aliphatic heterocycles. The largest absolute Gasteiger partial charge is 0.494 e. The molecule has 1 N–H and O–H groups in total. The molecule has 186 valence electrons. The van der Waals surface area contributed by atoms with E-state index >= 15 is 0 Å². The first-order valence-electron chi connectivity index (χ1n) is 12.0. The maximum Gasteiger partial charge on any atom is 0.260 e. The summed E-state index contributed by atoms with van der Waals surface area (Å²) in [7, 11) is 0. The number of nitrogens with zero attached hydrogens (tertiary/aromatic N) is 2. The zero-order valence-corrected chi connectivity index (χ0v) is 20.6. The Morgan fingerprint density at radius 2 is 1.97 bits per heavy atom. The van der Waals surface area contributed by atoms with Crippen molar-refractivity contribution in [3.05, 3.63) is 59.2 Å². The predicted octanol–water partition coefficient (Wildman–Crippen LogP) is 3.68. The van der Waals surface area contributed by atoms with Crippen LogP contribution < -0.4 is 14.8 Å². The molecule has 2 aromatic rings. The van der Waals surface area contributed by atoms with E-state index in [1.807, 2.05) is 45.0 Å². The number of hydrogen-bond donors (Lipinski definition) is 1. The zero-order valence-electron chi connectivity index (χ0n) is 20.6. The third kappa shape index (κ3) is 6.74. The fourth-order valence-corrected chi connectivity index (χ4v) is 3.98. The van der Waals surface area contributed by atoms with Crippen LogP contribution in [-0.4, -0.2) is 55.3 Å². The zero-order chi connectivity index (χ0) is 25.3. The number of carbonyl (C=O) groups is 2. The summed E-state index contributed by atoms with van der Waals surface area (Å²) in [6.45, 7) is 7.87. The molecule has 8 heteroatoms. The summed E-state index contributed by atoms with van der Waals surface area (Å²) in [4.78, 5) is 26.8. The minimum atomic E-state index is -0.915. The lowest BCUT2D eigenvalue weighted by Gasteiger charge is -2.28. The molecule has 3 rings (SSSR count). The van der Waals surface area contributed by atoms with Gasteiger partial charge in [0.15, 0.2) is 6.73 Å². The van der Waals surface area contributed by atoms with Crippen molar-refractivity contribution in [1.82, 2.24) is 10.2 Å². The van der Waals surface area contributed by atoms with Gasteiger partial charge in [-0.1, -0.05) is 12.1 Å². The summed E-state index contributed by atoms with van der Waals surface area (Å²) < 4.78 is 17.3. The summed E-state index contributed by atoms with van der Waals surface area (Å²) in [5.74, 6) is 1.02. The normalized spacial score (nSPS) is 14.3. The summed E-state index contributed by atoms with van der Waals surface area (Å²) >= 11 is 0. The van der Waals surface area contributed by atoms with E-state index in [9.17, 15) is 9.59 Å². The maximum atomic E-state index is 12.6. The number of amides is 2. The predicted molar refractivity (Wildman–Crippen MR) is 131 cm³/mol. The Kier molecular flexibility index (Phi) is 9.10. The first-order chi connectivity index (χ1) is 16.9. The number of fused-ring (bicyclic) bond motifs is 1. The minimum absolute atomic E-state index is 0.0843. The van der Waals surface area contributed by atoms with E-state index in [-0.39, 0.29) is 18.5 Å². The van der Waals surface area contributed by atoms with Crippen molar-refractivity contribution in [3.8, 4) is 17.6 Å². The molecule has 1 atom stereocenters. The van der Waals surface area contributed by atoms with Crippen molar-refractivity contribution in [2.24, 2.45) is 0 Å². The van der Waals surface area contributed by atoms with Gasteiger partial charge in [-0.05, 0) is 69.5 Å². The second kappa shape index (κ2) is 12.2. The van der Waals surface area contributed by atoms with Gasteiger partial charge in [-0.25, -0.2) is 0 Å². The van der Waals surface area contributed by atoms with Gasteiger partial charge in [0.25, 0.3) is 11.8 Å². The van der Waals surface area contributed by atoms with Crippen molar-refractivity contribution in [1.29, 1.82) is 5.26 Å². The van der Waals surface area contributed by atoms with Crippen molar-refractivity contribution in [3.63, 3.8) is 0 Å². The maximum absolute atomic E-state index is 12.6. The Morgan fingerprint density at radius 3 is 2.66 bits per heavy atom. The molecule has 0 aliphatic carbocycles. The molecule has 1 aliphatic rings. The van der Waals surface area contributed by atoms with Crippen LogP contribution in [0, 0.1) is 11.3 Å². The van der Waals surface area contributed by atoms with E-state index in [4.69, 9.17) is 19.5 Å². The summed E-state index contributed by atoms with van der Waals surface area (Å²) in [6, 6.07) is 14.6. The van der Waals surface area contributed by atoms with Crippen LogP contribution in [0.25, 0.3) is 0 Å². The van der Waals surface area contributed by atoms with Crippen molar-refractivity contribution in [2.45, 2.75) is 45.6 Å². The Balaban J connectivity index is 1.43. The Morgan fingerprint density at radius 1 is 1.20 bits per heavy atom. The van der Waals surface area contributed by atoms with Crippen molar-refractivity contribution >= 4 is 11.8 Å². The lowest BCUT2D eigenvalue weighted by atomic mass is 9.95. The van der Waals surface area contributed by atoms with Crippen LogP contribution in [-0.2, 0) is 16.0 Å². The molecule has 0 fully saturated rings. The molecule has 1 unspecified atom stereocenters. The van der Waals surface area contributed by atoms with Gasteiger partial charge in [-0.15, -0.1) is 0 Å². The first-order valence-corrected chi connectivity index (χ1v) is 12.0. The molecule has 2 aromatic carbocycles. The van der Waals surface area contributed by atoms with E-state index in [0.29, 0.717) is 49.6 Å². The summed E-state index contributed by atoms with van der Waals surface area (Å²) in [5, 5.41) is 11.8. The van der Waals surface area contributed by atoms with Crippen LogP contribution in [0.5, 0.6) is 11.5 Å². The van der Waals surface area contributed by atoms with Crippen LogP contribution in [0.4, 0.5) is 0 Å². The molecule has 0 radical (unpaired) electrons. The van der Waals surface area contributed by atoms with Gasteiger partial charge >= 0.3 is 0 Å². The van der Waals surface area contributed by atoms with Crippen LogP contribution in [0.2, 0.25) is 0 Å². The molecule has 0 bridgehead atoms. The number of likely N-dealkylation sites (N-methyl/N-ethyl adjacent to an activating group) is 1. The Labute approximate surface area is 206 Å². The molecule has 1 heterocycles. The van der Waals surface area contributed by atoms with E-state index in [1.54, 1.807) is 23.1 Å². The molecular formula is C27H33N3O5. The monoisotopic (exact) mass is 479 g/mol. The fourth-order valence-electron chi connectivity index (χ4n) is 3.98. The highest BCUT2D eigenvalue weighted by molar-refractivity contribution is 5.97. The van der Waals surface area contributed by atoms with Gasteiger partial charge in [0.1, 0.15) is 17.1 Å². The van der Waals surface area contributed by atoms with Gasteiger partial charge in [0.2, 0.25) is 0 Å². The second-order valence-corrected chi connectivity index (χ2v) is 8.56. The second-order valence-electron chi connectivity index (χ2n) is 8.56. The van der Waals surface area contributed by atoms with E-state index in [2.05, 4.69) is 11.4 Å². The summed E-state index contributed by atoms with van der Waals surface area (Å²) in [5.41, 5.74) is 1.03. The molecule has 35 heavy (non-hydrogen) atoms. The van der Waals surface area contributed by atoms with Crippen LogP contribution in [0.1, 0.15) is 55.1 Å². The lowest BCUT2D eigenvalue weighted by molar-refractivity contribution is -0.144. The molecule has 0 saturated heterocycles. The topological polar surface area (TPSA) is 101 Å². The van der Waals surface area contributed by atoms with Gasteiger partial charge in [0.05, 0.1) is 23.8 Å². The van der Waals surface area contributed by atoms with Crippen LogP contribution >= 0.6 is 0 Å². The number of nitrogens with one attached hydrogen (secondary N) is 1. The van der Waals surface area contributed by atoms with E-state index in [0.717, 1.165) is 24.2 Å². The number of benzene rings is 2. The molecule has 2 amide bonds. The smallest absolute Gasteiger partial charge is 0.260 e. The highest BCUT2D eigenvalue weighted by Crippen LogP contribution is 2.26. The molecular weight excluding hydrogens is 446 g/mol. The minimum Gasteiger partial charge on any atom is -0.494 e. The average molecular weight is 480 g/mol. The number of carbonyl (C=O) groups excluding carboxylic acids is 2.